The molecule has 1 aromatic rings. The van der Waals surface area contributed by atoms with Crippen molar-refractivity contribution in [3.63, 3.8) is 0 Å². The second kappa shape index (κ2) is 10.2. The van der Waals surface area contributed by atoms with Gasteiger partial charge in [0, 0.05) is 38.2 Å². The Morgan fingerprint density at radius 2 is 1.81 bits per heavy atom. The summed E-state index contributed by atoms with van der Waals surface area (Å²) in [6, 6.07) is 8.99. The van der Waals surface area contributed by atoms with Crippen LogP contribution < -0.4 is 4.90 Å². The van der Waals surface area contributed by atoms with Crippen LogP contribution in [0.15, 0.2) is 42.0 Å². The van der Waals surface area contributed by atoms with E-state index in [1.165, 1.54) is 48.1 Å². The fourth-order valence-corrected chi connectivity index (χ4v) is 3.53. The fourth-order valence-electron chi connectivity index (χ4n) is 3.53. The van der Waals surface area contributed by atoms with Crippen LogP contribution in [0.4, 0.5) is 5.69 Å². The number of anilines is 1. The largest absolute Gasteiger partial charge is 0.378 e. The van der Waals surface area contributed by atoms with Crippen LogP contribution in [0.1, 0.15) is 51.5 Å². The van der Waals surface area contributed by atoms with E-state index in [0.717, 1.165) is 12.1 Å². The van der Waals surface area contributed by atoms with Gasteiger partial charge in [0.1, 0.15) is 14.1 Å². The zero-order valence-electron chi connectivity index (χ0n) is 18.0. The van der Waals surface area contributed by atoms with E-state index in [2.05, 4.69) is 99.8 Å². The molecule has 0 aliphatic heterocycles. The van der Waals surface area contributed by atoms with Gasteiger partial charge in [-0.2, -0.15) is 0 Å². The lowest BCUT2D eigenvalue weighted by atomic mass is 9.85. The molecule has 1 atom stereocenters. The Balaban J connectivity index is 2.45. The molecule has 0 radical (unpaired) electrons. The molecule has 2 nitrogen and oxygen atoms in total. The van der Waals surface area contributed by atoms with E-state index >= 15 is 0 Å². The van der Waals surface area contributed by atoms with Crippen LogP contribution in [-0.2, 0) is 0 Å². The Bertz CT molecular complexity index is 776. The van der Waals surface area contributed by atoms with Gasteiger partial charge in [-0.15, -0.1) is 0 Å². The van der Waals surface area contributed by atoms with Crippen molar-refractivity contribution >= 4 is 17.0 Å². The first-order chi connectivity index (χ1) is 12.9. The summed E-state index contributed by atoms with van der Waals surface area (Å²) in [6.07, 6.45) is 10.3. The molecular weight excluding hydrogens is 328 g/mol. The molecule has 27 heavy (non-hydrogen) atoms. The first kappa shape index (κ1) is 21.0. The molecule has 0 bridgehead atoms. The minimum atomic E-state index is 0.532. The number of hydrogen-bond acceptors (Lipinski definition) is 1. The molecule has 0 heterocycles. The van der Waals surface area contributed by atoms with Crippen LogP contribution in [0.5, 0.6) is 0 Å². The SMILES string of the molecule is CCCCCC(C)C(=C1C=CC(=[N+](C)C)C#CC1)c1ccc(N(C)C)cc1. The van der Waals surface area contributed by atoms with Gasteiger partial charge in [0.15, 0.2) is 0 Å². The van der Waals surface area contributed by atoms with Gasteiger partial charge in [-0.25, -0.2) is 4.58 Å². The summed E-state index contributed by atoms with van der Waals surface area (Å²) in [5.41, 5.74) is 6.47. The summed E-state index contributed by atoms with van der Waals surface area (Å²) < 4.78 is 2.09. The average Bonchev–Trinajstić information content (AvgIpc) is 2.89. The lowest BCUT2D eigenvalue weighted by molar-refractivity contribution is -0.462. The first-order valence-electron chi connectivity index (χ1n) is 10.2. The van der Waals surface area contributed by atoms with Crippen molar-refractivity contribution < 1.29 is 4.58 Å². The number of rotatable bonds is 7. The monoisotopic (exact) mass is 363 g/mol. The van der Waals surface area contributed by atoms with Gasteiger partial charge in [0.25, 0.3) is 5.71 Å². The minimum absolute atomic E-state index is 0.532. The zero-order valence-corrected chi connectivity index (χ0v) is 18.0. The van der Waals surface area contributed by atoms with Crippen LogP contribution in [0, 0.1) is 17.8 Å². The van der Waals surface area contributed by atoms with Gasteiger partial charge in [-0.1, -0.05) is 57.2 Å². The predicted octanol–water partition coefficient (Wildman–Crippen LogP) is 5.40. The Morgan fingerprint density at radius 1 is 1.11 bits per heavy atom. The van der Waals surface area contributed by atoms with Crippen molar-refractivity contribution in [3.8, 4) is 11.8 Å². The molecular formula is C25H35N2+. The van der Waals surface area contributed by atoms with E-state index in [9.17, 15) is 0 Å². The summed E-state index contributed by atoms with van der Waals surface area (Å²) >= 11 is 0. The highest BCUT2D eigenvalue weighted by Crippen LogP contribution is 2.33. The molecule has 1 aliphatic carbocycles. The van der Waals surface area contributed by atoms with Gasteiger partial charge in [0.05, 0.1) is 0 Å². The Kier molecular flexibility index (Phi) is 7.92. The Hall–Kier alpha value is -2.27. The Labute approximate surface area is 166 Å². The van der Waals surface area contributed by atoms with E-state index in [0.29, 0.717) is 5.92 Å². The van der Waals surface area contributed by atoms with Crippen LogP contribution in [0.3, 0.4) is 0 Å². The predicted molar refractivity (Wildman–Crippen MR) is 120 cm³/mol. The number of benzene rings is 1. The third-order valence-electron chi connectivity index (χ3n) is 5.19. The highest BCUT2D eigenvalue weighted by atomic mass is 15.1. The number of allylic oxidation sites excluding steroid dienone is 4. The van der Waals surface area contributed by atoms with Crippen molar-refractivity contribution in [2.45, 2.75) is 46.0 Å². The van der Waals surface area contributed by atoms with E-state index in [-0.39, 0.29) is 0 Å². The summed E-state index contributed by atoms with van der Waals surface area (Å²) in [5.74, 6) is 7.20. The van der Waals surface area contributed by atoms with E-state index in [4.69, 9.17) is 0 Å². The van der Waals surface area contributed by atoms with Crippen molar-refractivity contribution in [2.24, 2.45) is 5.92 Å². The minimum Gasteiger partial charge on any atom is -0.378 e. The van der Waals surface area contributed by atoms with E-state index < -0.39 is 0 Å². The number of hydrogen-bond donors (Lipinski definition) is 0. The first-order valence-corrected chi connectivity index (χ1v) is 10.2. The second-order valence-electron chi connectivity index (χ2n) is 7.87. The lowest BCUT2D eigenvalue weighted by Gasteiger charge is -2.21. The average molecular weight is 364 g/mol. The van der Waals surface area contributed by atoms with Crippen molar-refractivity contribution in [3.05, 3.63) is 47.6 Å². The summed E-state index contributed by atoms with van der Waals surface area (Å²) in [5, 5.41) is 0. The van der Waals surface area contributed by atoms with Gasteiger partial charge >= 0.3 is 0 Å². The molecule has 0 spiro atoms. The quantitative estimate of drug-likeness (QED) is 0.357. The molecule has 0 aromatic heterocycles. The third kappa shape index (κ3) is 5.86. The lowest BCUT2D eigenvalue weighted by Crippen LogP contribution is -2.09. The molecule has 144 valence electrons. The van der Waals surface area contributed by atoms with E-state index in [1.54, 1.807) is 0 Å². The summed E-state index contributed by atoms with van der Waals surface area (Å²) in [7, 11) is 8.28. The maximum atomic E-state index is 3.37. The van der Waals surface area contributed by atoms with Crippen LogP contribution in [-0.4, -0.2) is 38.5 Å². The molecule has 2 heteroatoms. The normalized spacial score (nSPS) is 16.3. The second-order valence-corrected chi connectivity index (χ2v) is 7.87. The molecule has 0 amide bonds. The van der Waals surface area contributed by atoms with E-state index in [1.807, 2.05) is 0 Å². The molecule has 0 saturated heterocycles. The van der Waals surface area contributed by atoms with Gasteiger partial charge in [-0.3, -0.25) is 0 Å². The molecule has 1 aromatic carbocycles. The standard InChI is InChI=1S/C25H35N2/c1-7-8-9-11-20(2)25(22-15-18-24(19-16-22)27(5)6)21-12-10-13-23(17-14-21)26(3)4/h14-20H,7-9,11-12H2,1-6H3/q+1. The number of unbranched alkanes of at least 4 members (excludes halogenated alkanes) is 2. The maximum Gasteiger partial charge on any atom is 0.251 e. The molecule has 0 saturated carbocycles. The molecule has 1 unspecified atom stereocenters. The van der Waals surface area contributed by atoms with Gasteiger partial charge < -0.3 is 4.90 Å². The van der Waals surface area contributed by atoms with Gasteiger partial charge in [0.2, 0.25) is 0 Å². The zero-order chi connectivity index (χ0) is 19.8. The molecule has 0 fully saturated rings. The summed E-state index contributed by atoms with van der Waals surface area (Å²) in [6.45, 7) is 4.65. The molecule has 1 aliphatic rings. The topological polar surface area (TPSA) is 6.25 Å². The number of nitrogens with zero attached hydrogens (tertiary/aromatic N) is 2. The van der Waals surface area contributed by atoms with Crippen molar-refractivity contribution in [1.82, 2.24) is 0 Å². The van der Waals surface area contributed by atoms with Crippen LogP contribution in [0.2, 0.25) is 0 Å². The van der Waals surface area contributed by atoms with Crippen molar-refractivity contribution in [1.29, 1.82) is 0 Å². The highest BCUT2D eigenvalue weighted by molar-refractivity contribution is 6.06. The third-order valence-corrected chi connectivity index (χ3v) is 5.19. The van der Waals surface area contributed by atoms with Crippen molar-refractivity contribution in [2.75, 3.05) is 33.1 Å². The maximum absolute atomic E-state index is 3.37. The molecule has 2 rings (SSSR count). The molecule has 0 N–H and O–H groups in total. The van der Waals surface area contributed by atoms with Crippen LogP contribution in [0.25, 0.3) is 5.57 Å². The smallest absolute Gasteiger partial charge is 0.251 e. The summed E-state index contributed by atoms with van der Waals surface area (Å²) in [4.78, 5) is 2.15. The van der Waals surface area contributed by atoms with Gasteiger partial charge in [-0.05, 0) is 41.2 Å². The highest BCUT2D eigenvalue weighted by Gasteiger charge is 2.16. The Morgan fingerprint density at radius 3 is 2.41 bits per heavy atom. The fraction of sp³-hybridized carbons (Fsp3) is 0.480. The van der Waals surface area contributed by atoms with Crippen LogP contribution >= 0.6 is 0 Å².